The third-order valence-electron chi connectivity index (χ3n) is 5.37. The molecule has 1 aromatic heterocycles. The zero-order valence-electron chi connectivity index (χ0n) is 16.0. The molecule has 2 aromatic rings. The topological polar surface area (TPSA) is 75.0 Å². The van der Waals surface area contributed by atoms with Crippen LogP contribution in [0.1, 0.15) is 31.6 Å². The van der Waals surface area contributed by atoms with Crippen LogP contribution >= 0.6 is 0 Å². The van der Waals surface area contributed by atoms with E-state index in [1.807, 2.05) is 30.3 Å². The number of benzene rings is 1. The quantitative estimate of drug-likeness (QED) is 0.858. The van der Waals surface area contributed by atoms with E-state index in [0.717, 1.165) is 31.7 Å². The van der Waals surface area contributed by atoms with E-state index in [9.17, 15) is 9.59 Å². The van der Waals surface area contributed by atoms with Gasteiger partial charge in [-0.2, -0.15) is 0 Å². The van der Waals surface area contributed by atoms with Crippen molar-refractivity contribution >= 4 is 17.5 Å². The minimum absolute atomic E-state index is 0.00115. The average molecular weight is 383 g/mol. The van der Waals surface area contributed by atoms with Gasteiger partial charge in [0, 0.05) is 13.5 Å². The number of fused-ring (bicyclic) bond motifs is 1. The number of nitrogens with one attached hydrogen (secondary N) is 1. The molecule has 1 aromatic carbocycles. The second-order valence-corrected chi connectivity index (χ2v) is 7.22. The Morgan fingerprint density at radius 2 is 1.96 bits per heavy atom. The van der Waals surface area contributed by atoms with Crippen LogP contribution in [0, 0.1) is 0 Å². The lowest BCUT2D eigenvalue weighted by molar-refractivity contribution is -0.128. The van der Waals surface area contributed by atoms with Crippen LogP contribution < -0.4 is 15.0 Å². The maximum Gasteiger partial charge on any atom is 0.263 e. The molecule has 0 saturated carbocycles. The number of furan rings is 1. The van der Waals surface area contributed by atoms with Gasteiger partial charge in [0.1, 0.15) is 11.5 Å². The van der Waals surface area contributed by atoms with Crippen molar-refractivity contribution < 1.29 is 18.7 Å². The minimum atomic E-state index is -0.741. The molecule has 2 aliphatic heterocycles. The highest BCUT2D eigenvalue weighted by atomic mass is 16.5. The summed E-state index contributed by atoms with van der Waals surface area (Å²) in [5.74, 6) is 1.06. The van der Waals surface area contributed by atoms with Gasteiger partial charge in [0.2, 0.25) is 5.91 Å². The number of nitrogens with zero attached hydrogens (tertiary/aromatic N) is 2. The molecule has 7 heteroatoms. The number of carbonyl (C=O) groups excluding carboxylic acids is 2. The molecule has 0 radical (unpaired) electrons. The lowest BCUT2D eigenvalue weighted by Crippen LogP contribution is -2.51. The van der Waals surface area contributed by atoms with Crippen molar-refractivity contribution in [2.24, 2.45) is 0 Å². The van der Waals surface area contributed by atoms with Crippen LogP contribution in [0.2, 0.25) is 0 Å². The third-order valence-corrected chi connectivity index (χ3v) is 5.37. The van der Waals surface area contributed by atoms with Crippen LogP contribution in [-0.4, -0.2) is 49.0 Å². The molecule has 0 aliphatic carbocycles. The van der Waals surface area contributed by atoms with Gasteiger partial charge in [0.15, 0.2) is 6.10 Å². The SMILES string of the molecule is CC(=O)N1C[C@H](C(=O)NC[C@@H](c2ccco2)N2CCCC2)Oc2ccccc21. The zero-order valence-corrected chi connectivity index (χ0v) is 16.0. The molecular weight excluding hydrogens is 358 g/mol. The van der Waals surface area contributed by atoms with E-state index in [0.29, 0.717) is 18.0 Å². The number of rotatable bonds is 5. The number of hydrogen-bond donors (Lipinski definition) is 1. The van der Waals surface area contributed by atoms with E-state index in [4.69, 9.17) is 9.15 Å². The molecule has 28 heavy (non-hydrogen) atoms. The van der Waals surface area contributed by atoms with Crippen LogP contribution in [0.3, 0.4) is 0 Å². The molecule has 1 fully saturated rings. The molecule has 3 heterocycles. The summed E-state index contributed by atoms with van der Waals surface area (Å²) < 4.78 is 11.5. The van der Waals surface area contributed by atoms with Gasteiger partial charge in [-0.05, 0) is 50.2 Å². The van der Waals surface area contributed by atoms with Crippen LogP contribution in [0.25, 0.3) is 0 Å². The van der Waals surface area contributed by atoms with Gasteiger partial charge in [0.05, 0.1) is 24.5 Å². The molecule has 2 aliphatic rings. The van der Waals surface area contributed by atoms with Crippen LogP contribution in [0.4, 0.5) is 5.69 Å². The van der Waals surface area contributed by atoms with E-state index in [-0.39, 0.29) is 24.4 Å². The summed E-state index contributed by atoms with van der Waals surface area (Å²) in [4.78, 5) is 28.8. The van der Waals surface area contributed by atoms with Gasteiger partial charge >= 0.3 is 0 Å². The first-order valence-corrected chi connectivity index (χ1v) is 9.72. The summed E-state index contributed by atoms with van der Waals surface area (Å²) in [7, 11) is 0. The first-order chi connectivity index (χ1) is 13.6. The first-order valence-electron chi connectivity index (χ1n) is 9.72. The van der Waals surface area contributed by atoms with Crippen molar-refractivity contribution in [1.29, 1.82) is 0 Å². The van der Waals surface area contributed by atoms with Crippen LogP contribution in [0.15, 0.2) is 47.1 Å². The molecule has 1 saturated heterocycles. The fraction of sp³-hybridized carbons (Fsp3) is 0.429. The molecule has 1 N–H and O–H groups in total. The number of ether oxygens (including phenoxy) is 1. The van der Waals surface area contributed by atoms with Gasteiger partial charge in [-0.3, -0.25) is 14.5 Å². The largest absolute Gasteiger partial charge is 0.477 e. The lowest BCUT2D eigenvalue weighted by Gasteiger charge is -2.34. The van der Waals surface area contributed by atoms with Gasteiger partial charge in [0.25, 0.3) is 5.91 Å². The van der Waals surface area contributed by atoms with E-state index < -0.39 is 6.10 Å². The molecule has 0 unspecified atom stereocenters. The molecule has 2 atom stereocenters. The van der Waals surface area contributed by atoms with Crippen molar-refractivity contribution in [2.75, 3.05) is 31.1 Å². The summed E-state index contributed by atoms with van der Waals surface area (Å²) in [5.41, 5.74) is 0.699. The molecular formula is C21H25N3O4. The fourth-order valence-electron chi connectivity index (χ4n) is 3.92. The number of carbonyl (C=O) groups is 2. The predicted molar refractivity (Wildman–Crippen MR) is 104 cm³/mol. The normalized spacial score (nSPS) is 20.3. The zero-order chi connectivity index (χ0) is 19.5. The summed E-state index contributed by atoms with van der Waals surface area (Å²) in [6.07, 6.45) is 3.23. The average Bonchev–Trinajstić information content (AvgIpc) is 3.41. The maximum absolute atomic E-state index is 12.8. The molecule has 0 spiro atoms. The minimum Gasteiger partial charge on any atom is -0.477 e. The molecule has 7 nitrogen and oxygen atoms in total. The second kappa shape index (κ2) is 8.06. The van der Waals surface area contributed by atoms with Crippen molar-refractivity contribution in [3.8, 4) is 5.75 Å². The highest BCUT2D eigenvalue weighted by Gasteiger charge is 2.33. The van der Waals surface area contributed by atoms with E-state index in [1.165, 1.54) is 6.92 Å². The Hall–Kier alpha value is -2.80. The van der Waals surface area contributed by atoms with E-state index in [1.54, 1.807) is 17.2 Å². The Morgan fingerprint density at radius 3 is 2.68 bits per heavy atom. The number of hydrogen-bond acceptors (Lipinski definition) is 5. The fourth-order valence-corrected chi connectivity index (χ4v) is 3.92. The highest BCUT2D eigenvalue weighted by Crippen LogP contribution is 2.33. The van der Waals surface area contributed by atoms with E-state index in [2.05, 4.69) is 10.2 Å². The number of anilines is 1. The van der Waals surface area contributed by atoms with Crippen LogP contribution in [0.5, 0.6) is 5.75 Å². The summed E-state index contributed by atoms with van der Waals surface area (Å²) in [6, 6.07) is 11.1. The van der Waals surface area contributed by atoms with Crippen molar-refractivity contribution in [2.45, 2.75) is 31.9 Å². The molecule has 2 amide bonds. The van der Waals surface area contributed by atoms with Crippen molar-refractivity contribution in [3.05, 3.63) is 48.4 Å². The van der Waals surface area contributed by atoms with Gasteiger partial charge in [-0.1, -0.05) is 12.1 Å². The first kappa shape index (κ1) is 18.6. The summed E-state index contributed by atoms with van der Waals surface area (Å²) >= 11 is 0. The Balaban J connectivity index is 1.45. The van der Waals surface area contributed by atoms with Gasteiger partial charge < -0.3 is 19.4 Å². The predicted octanol–water partition coefficient (Wildman–Crippen LogP) is 2.35. The lowest BCUT2D eigenvalue weighted by atomic mass is 10.1. The Kier molecular flexibility index (Phi) is 5.34. The number of amides is 2. The van der Waals surface area contributed by atoms with Crippen LogP contribution in [-0.2, 0) is 9.59 Å². The standard InChI is InChI=1S/C21H25N3O4/c1-15(25)24-14-20(28-19-8-3-2-7-16(19)24)21(26)22-13-17(18-9-6-12-27-18)23-10-4-5-11-23/h2-3,6-9,12,17,20H,4-5,10-11,13-14H2,1H3,(H,22,26)/t17-,20+/m0/s1. The van der Waals surface area contributed by atoms with Gasteiger partial charge in [-0.15, -0.1) is 0 Å². The monoisotopic (exact) mass is 383 g/mol. The Morgan fingerprint density at radius 1 is 1.18 bits per heavy atom. The van der Waals surface area contributed by atoms with E-state index >= 15 is 0 Å². The highest BCUT2D eigenvalue weighted by molar-refractivity contribution is 5.95. The maximum atomic E-state index is 12.8. The number of para-hydroxylation sites is 2. The van der Waals surface area contributed by atoms with Gasteiger partial charge in [-0.25, -0.2) is 0 Å². The molecule has 0 bridgehead atoms. The third kappa shape index (κ3) is 3.75. The Bertz CT molecular complexity index is 830. The summed E-state index contributed by atoms with van der Waals surface area (Å²) in [5, 5.41) is 3.00. The molecule has 4 rings (SSSR count). The van der Waals surface area contributed by atoms with Crippen molar-refractivity contribution in [3.63, 3.8) is 0 Å². The number of likely N-dealkylation sites (tertiary alicyclic amines) is 1. The Labute approximate surface area is 164 Å². The second-order valence-electron chi connectivity index (χ2n) is 7.22. The van der Waals surface area contributed by atoms with Crippen molar-refractivity contribution in [1.82, 2.24) is 10.2 Å². The molecule has 148 valence electrons. The summed E-state index contributed by atoms with van der Waals surface area (Å²) in [6.45, 7) is 4.12. The smallest absolute Gasteiger partial charge is 0.263 e.